The number of hydrogen-bond acceptors (Lipinski definition) is 3. The molecule has 27 heavy (non-hydrogen) atoms. The van der Waals surface area contributed by atoms with Gasteiger partial charge < -0.3 is 10.6 Å². The van der Waals surface area contributed by atoms with Crippen LogP contribution >= 0.6 is 35.7 Å². The molecule has 0 amide bonds. The summed E-state index contributed by atoms with van der Waals surface area (Å²) in [5.41, 5.74) is 3.73. The summed E-state index contributed by atoms with van der Waals surface area (Å²) in [6.45, 7) is 3.85. The van der Waals surface area contributed by atoms with Gasteiger partial charge in [0.15, 0.2) is 5.96 Å². The maximum Gasteiger partial charge on any atom is 0.191 e. The van der Waals surface area contributed by atoms with E-state index in [9.17, 15) is 4.39 Å². The molecule has 4 nitrogen and oxygen atoms in total. The van der Waals surface area contributed by atoms with Crippen LogP contribution in [0.1, 0.15) is 29.2 Å². The Morgan fingerprint density at radius 1 is 1.15 bits per heavy atom. The molecule has 0 fully saturated rings. The van der Waals surface area contributed by atoms with Crippen molar-refractivity contribution in [1.29, 1.82) is 5.26 Å². The topological polar surface area (TPSA) is 60.2 Å². The molecule has 7 heteroatoms. The van der Waals surface area contributed by atoms with E-state index in [0.29, 0.717) is 24.6 Å². The Morgan fingerprint density at radius 2 is 1.89 bits per heavy atom. The van der Waals surface area contributed by atoms with Crippen LogP contribution in [0, 0.1) is 17.1 Å². The Kier molecular flexibility index (Phi) is 10.8. The van der Waals surface area contributed by atoms with Gasteiger partial charge in [0.1, 0.15) is 5.82 Å². The first-order valence-electron chi connectivity index (χ1n) is 8.43. The number of nitriles is 1. The highest BCUT2D eigenvalue weighted by atomic mass is 127. The van der Waals surface area contributed by atoms with Crippen LogP contribution in [0.15, 0.2) is 47.5 Å². The number of nitrogens with one attached hydrogen (secondary N) is 2. The molecule has 144 valence electrons. The molecule has 0 unspecified atom stereocenters. The highest BCUT2D eigenvalue weighted by Crippen LogP contribution is 2.16. The first kappa shape index (κ1) is 23.2. The van der Waals surface area contributed by atoms with Crippen LogP contribution in [0.25, 0.3) is 0 Å². The van der Waals surface area contributed by atoms with Crippen LogP contribution in [0.5, 0.6) is 0 Å². The zero-order chi connectivity index (χ0) is 18.8. The Labute approximate surface area is 181 Å². The lowest BCUT2D eigenvalue weighted by atomic mass is 10.1. The summed E-state index contributed by atoms with van der Waals surface area (Å²) in [6.07, 6.45) is 2.01. The molecular formula is C20H24FIN4S. The molecule has 2 N–H and O–H groups in total. The normalized spacial score (nSPS) is 10.7. The maximum absolute atomic E-state index is 13.5. The molecule has 0 atom stereocenters. The first-order chi connectivity index (χ1) is 12.7. The van der Waals surface area contributed by atoms with E-state index >= 15 is 0 Å². The quantitative estimate of drug-likeness (QED) is 0.337. The lowest BCUT2D eigenvalue weighted by Crippen LogP contribution is -2.37. The third-order valence-corrected chi connectivity index (χ3v) is 4.36. The molecule has 0 radical (unpaired) electrons. The molecule has 0 aliphatic heterocycles. The Balaban J connectivity index is 0.00000364. The predicted octanol–water partition coefficient (Wildman–Crippen LogP) is 4.43. The average molecular weight is 498 g/mol. The van der Waals surface area contributed by atoms with Crippen LogP contribution in [0.3, 0.4) is 0 Å². The van der Waals surface area contributed by atoms with Crippen molar-refractivity contribution in [3.8, 4) is 6.07 Å². The highest BCUT2D eigenvalue weighted by Gasteiger charge is 2.05. The summed E-state index contributed by atoms with van der Waals surface area (Å²) >= 11 is 1.67. The van der Waals surface area contributed by atoms with Crippen LogP contribution in [0.4, 0.5) is 4.39 Å². The number of benzene rings is 2. The number of thioether (sulfide) groups is 1. The summed E-state index contributed by atoms with van der Waals surface area (Å²) in [7, 11) is 0. The van der Waals surface area contributed by atoms with E-state index in [1.807, 2.05) is 31.4 Å². The molecule has 0 saturated carbocycles. The van der Waals surface area contributed by atoms with E-state index in [0.717, 1.165) is 29.0 Å². The zero-order valence-electron chi connectivity index (χ0n) is 15.5. The second-order valence-electron chi connectivity index (χ2n) is 5.70. The van der Waals surface area contributed by atoms with Gasteiger partial charge in [-0.15, -0.1) is 24.0 Å². The standard InChI is InChI=1S/C20H23FN4S.HI/c1-3-23-20(24-12-16-6-4-15(11-22)5-7-16)25-13-17-8-9-19(21)10-18(17)14-26-2;/h4-10H,3,12-14H2,1-2H3,(H2,23,24,25);1H. The summed E-state index contributed by atoms with van der Waals surface area (Å²) < 4.78 is 13.5. The van der Waals surface area contributed by atoms with Gasteiger partial charge in [0, 0.05) is 18.8 Å². The van der Waals surface area contributed by atoms with E-state index in [-0.39, 0.29) is 29.8 Å². The average Bonchev–Trinajstić information content (AvgIpc) is 2.66. The summed E-state index contributed by atoms with van der Waals surface area (Å²) in [6, 6.07) is 14.4. The minimum Gasteiger partial charge on any atom is -0.357 e. The molecule has 0 spiro atoms. The number of rotatable bonds is 7. The van der Waals surface area contributed by atoms with Gasteiger partial charge in [0.05, 0.1) is 18.2 Å². The van der Waals surface area contributed by atoms with Gasteiger partial charge in [-0.25, -0.2) is 9.38 Å². The molecule has 0 aromatic heterocycles. The van der Waals surface area contributed by atoms with Crippen molar-refractivity contribution in [1.82, 2.24) is 10.6 Å². The van der Waals surface area contributed by atoms with Gasteiger partial charge in [0.25, 0.3) is 0 Å². The van der Waals surface area contributed by atoms with Gasteiger partial charge in [-0.3, -0.25) is 0 Å². The van der Waals surface area contributed by atoms with Crippen molar-refractivity contribution in [2.75, 3.05) is 12.8 Å². The summed E-state index contributed by atoms with van der Waals surface area (Å²) in [5.74, 6) is 1.27. The van der Waals surface area contributed by atoms with Crippen molar-refractivity contribution in [2.24, 2.45) is 4.99 Å². The second kappa shape index (κ2) is 12.6. The molecule has 0 saturated heterocycles. The lowest BCUT2D eigenvalue weighted by Gasteiger charge is -2.14. The van der Waals surface area contributed by atoms with Crippen LogP contribution in [0.2, 0.25) is 0 Å². The van der Waals surface area contributed by atoms with Crippen LogP contribution < -0.4 is 10.6 Å². The van der Waals surface area contributed by atoms with Gasteiger partial charge in [-0.1, -0.05) is 18.2 Å². The van der Waals surface area contributed by atoms with Gasteiger partial charge in [0.2, 0.25) is 0 Å². The Bertz CT molecular complexity index is 788. The van der Waals surface area contributed by atoms with E-state index in [1.54, 1.807) is 30.0 Å². The third kappa shape index (κ3) is 7.77. The number of guanidine groups is 1. The minimum atomic E-state index is -0.209. The largest absolute Gasteiger partial charge is 0.357 e. The van der Waals surface area contributed by atoms with Crippen LogP contribution in [-0.4, -0.2) is 18.8 Å². The molecule has 2 aromatic carbocycles. The molecule has 2 aromatic rings. The van der Waals surface area contributed by atoms with E-state index in [2.05, 4.69) is 21.7 Å². The molecule has 2 rings (SSSR count). The maximum atomic E-state index is 13.5. The fraction of sp³-hybridized carbons (Fsp3) is 0.300. The third-order valence-electron chi connectivity index (χ3n) is 3.76. The molecule has 0 aliphatic rings. The van der Waals surface area contributed by atoms with Crippen molar-refractivity contribution in [3.63, 3.8) is 0 Å². The predicted molar refractivity (Wildman–Crippen MR) is 122 cm³/mol. The Morgan fingerprint density at radius 3 is 2.52 bits per heavy atom. The van der Waals surface area contributed by atoms with Crippen molar-refractivity contribution in [3.05, 3.63) is 70.5 Å². The van der Waals surface area contributed by atoms with Gasteiger partial charge in [-0.2, -0.15) is 17.0 Å². The number of nitrogens with zero attached hydrogens (tertiary/aromatic N) is 2. The molecule has 0 aliphatic carbocycles. The van der Waals surface area contributed by atoms with Crippen molar-refractivity contribution < 1.29 is 4.39 Å². The highest BCUT2D eigenvalue weighted by molar-refractivity contribution is 14.0. The molecular weight excluding hydrogens is 474 g/mol. The minimum absolute atomic E-state index is 0. The molecule has 0 bridgehead atoms. The van der Waals surface area contributed by atoms with E-state index in [1.165, 1.54) is 6.07 Å². The van der Waals surface area contributed by atoms with Gasteiger partial charge in [-0.05, 0) is 54.1 Å². The summed E-state index contributed by atoms with van der Waals surface area (Å²) in [5, 5.41) is 15.4. The smallest absolute Gasteiger partial charge is 0.191 e. The van der Waals surface area contributed by atoms with Gasteiger partial charge >= 0.3 is 0 Å². The number of hydrogen-bond donors (Lipinski definition) is 2. The fourth-order valence-electron chi connectivity index (χ4n) is 2.43. The van der Waals surface area contributed by atoms with Crippen molar-refractivity contribution in [2.45, 2.75) is 25.8 Å². The van der Waals surface area contributed by atoms with Crippen molar-refractivity contribution >= 4 is 41.7 Å². The Hall–Kier alpha value is -1.79. The van der Waals surface area contributed by atoms with E-state index < -0.39 is 0 Å². The fourth-order valence-corrected chi connectivity index (χ4v) is 3.01. The lowest BCUT2D eigenvalue weighted by molar-refractivity contribution is 0.625. The molecule has 0 heterocycles. The first-order valence-corrected chi connectivity index (χ1v) is 9.83. The monoisotopic (exact) mass is 498 g/mol. The number of aliphatic imine (C=N–C) groups is 1. The zero-order valence-corrected chi connectivity index (χ0v) is 18.6. The van der Waals surface area contributed by atoms with Crippen LogP contribution in [-0.2, 0) is 18.8 Å². The summed E-state index contributed by atoms with van der Waals surface area (Å²) in [4.78, 5) is 4.58. The van der Waals surface area contributed by atoms with E-state index in [4.69, 9.17) is 5.26 Å². The SMILES string of the molecule is CCNC(=NCc1ccc(C#N)cc1)NCc1ccc(F)cc1CSC.I. The number of halogens is 2. The second-order valence-corrected chi connectivity index (χ2v) is 6.57.